The van der Waals surface area contributed by atoms with Crippen LogP contribution in [0.15, 0.2) is 46.9 Å². The van der Waals surface area contributed by atoms with Gasteiger partial charge in [-0.3, -0.25) is 4.79 Å². The molecule has 0 fully saturated rings. The van der Waals surface area contributed by atoms with Crippen molar-refractivity contribution in [3.05, 3.63) is 63.6 Å². The van der Waals surface area contributed by atoms with Crippen molar-refractivity contribution in [2.45, 2.75) is 6.42 Å². The van der Waals surface area contributed by atoms with E-state index in [2.05, 4.69) is 20.7 Å². The summed E-state index contributed by atoms with van der Waals surface area (Å²) in [4.78, 5) is 23.7. The van der Waals surface area contributed by atoms with Crippen molar-refractivity contribution in [2.24, 2.45) is 0 Å². The monoisotopic (exact) mass is 362 g/mol. The van der Waals surface area contributed by atoms with Crippen LogP contribution in [0, 0.1) is 0 Å². The van der Waals surface area contributed by atoms with E-state index in [0.717, 1.165) is 10.0 Å². The minimum Gasteiger partial charge on any atom is -0.496 e. The Morgan fingerprint density at radius 2 is 1.64 bits per heavy atom. The van der Waals surface area contributed by atoms with E-state index in [0.29, 0.717) is 16.9 Å². The van der Waals surface area contributed by atoms with Crippen LogP contribution in [0.1, 0.15) is 26.3 Å². The fraction of sp³-hybridized carbons (Fsp3) is 0.176. The first-order valence-electron chi connectivity index (χ1n) is 6.59. The second-order valence-corrected chi connectivity index (χ2v) is 5.54. The maximum absolute atomic E-state index is 12.4. The summed E-state index contributed by atoms with van der Waals surface area (Å²) in [7, 11) is 2.89. The van der Waals surface area contributed by atoms with Gasteiger partial charge in [-0.05, 0) is 30.3 Å². The normalized spacial score (nSPS) is 10.1. The highest BCUT2D eigenvalue weighted by atomic mass is 79.9. The minimum atomic E-state index is -0.423. The van der Waals surface area contributed by atoms with E-state index in [4.69, 9.17) is 4.74 Å². The summed E-state index contributed by atoms with van der Waals surface area (Å²) in [6, 6.07) is 11.9. The Hall–Kier alpha value is -2.14. The quantitative estimate of drug-likeness (QED) is 0.601. The van der Waals surface area contributed by atoms with E-state index >= 15 is 0 Å². The molecule has 0 atom stereocenters. The Morgan fingerprint density at radius 1 is 1.00 bits per heavy atom. The van der Waals surface area contributed by atoms with Gasteiger partial charge in [0, 0.05) is 22.0 Å². The lowest BCUT2D eigenvalue weighted by atomic mass is 10.0. The molecule has 0 spiro atoms. The summed E-state index contributed by atoms with van der Waals surface area (Å²) < 4.78 is 10.8. The van der Waals surface area contributed by atoms with Crippen molar-refractivity contribution in [3.8, 4) is 5.75 Å². The molecule has 0 aliphatic heterocycles. The van der Waals surface area contributed by atoms with Gasteiger partial charge >= 0.3 is 5.97 Å². The highest BCUT2D eigenvalue weighted by Crippen LogP contribution is 2.24. The molecule has 0 saturated heterocycles. The number of hydrogen-bond donors (Lipinski definition) is 0. The van der Waals surface area contributed by atoms with Crippen LogP contribution in [0.4, 0.5) is 0 Å². The van der Waals surface area contributed by atoms with Crippen LogP contribution >= 0.6 is 15.9 Å². The van der Waals surface area contributed by atoms with E-state index in [1.54, 1.807) is 31.4 Å². The van der Waals surface area contributed by atoms with Crippen molar-refractivity contribution in [1.29, 1.82) is 0 Å². The summed E-state index contributed by atoms with van der Waals surface area (Å²) >= 11 is 3.39. The van der Waals surface area contributed by atoms with Gasteiger partial charge in [0.1, 0.15) is 5.75 Å². The van der Waals surface area contributed by atoms with E-state index in [1.165, 1.54) is 7.11 Å². The molecule has 0 amide bonds. The predicted molar refractivity (Wildman–Crippen MR) is 86.5 cm³/mol. The number of carbonyl (C=O) groups excluding carboxylic acids is 2. The standard InChI is InChI=1S/C17H15BrO4/c1-21-16-8-7-14(18)9-13(16)10-15(19)11-3-5-12(6-4-11)17(20)22-2/h3-9H,10H2,1-2H3. The molecule has 0 heterocycles. The van der Waals surface area contributed by atoms with Crippen LogP contribution in [0.2, 0.25) is 0 Å². The van der Waals surface area contributed by atoms with Gasteiger partial charge < -0.3 is 9.47 Å². The van der Waals surface area contributed by atoms with Gasteiger partial charge in [-0.25, -0.2) is 4.79 Å². The molecule has 0 unspecified atom stereocenters. The van der Waals surface area contributed by atoms with Gasteiger partial charge in [-0.2, -0.15) is 0 Å². The predicted octanol–water partition coefficient (Wildman–Crippen LogP) is 3.67. The number of benzene rings is 2. The number of methoxy groups -OCH3 is 2. The van der Waals surface area contributed by atoms with Gasteiger partial charge in [0.15, 0.2) is 5.78 Å². The number of carbonyl (C=O) groups is 2. The number of hydrogen-bond acceptors (Lipinski definition) is 4. The first-order chi connectivity index (χ1) is 10.5. The van der Waals surface area contributed by atoms with Crippen molar-refractivity contribution in [1.82, 2.24) is 0 Å². The molecule has 0 aliphatic rings. The molecule has 0 bridgehead atoms. The number of halogens is 1. The first-order valence-corrected chi connectivity index (χ1v) is 7.38. The lowest BCUT2D eigenvalue weighted by molar-refractivity contribution is 0.0600. The first kappa shape index (κ1) is 16.2. The fourth-order valence-corrected chi connectivity index (χ4v) is 2.48. The van der Waals surface area contributed by atoms with E-state index < -0.39 is 5.97 Å². The van der Waals surface area contributed by atoms with Crippen LogP contribution in [-0.2, 0) is 11.2 Å². The van der Waals surface area contributed by atoms with Crippen LogP contribution < -0.4 is 4.74 Å². The van der Waals surface area contributed by atoms with Gasteiger partial charge in [-0.1, -0.05) is 28.1 Å². The molecule has 0 aliphatic carbocycles. The summed E-state index contributed by atoms with van der Waals surface area (Å²) in [5, 5.41) is 0. The third-order valence-corrected chi connectivity index (χ3v) is 3.71. The van der Waals surface area contributed by atoms with Gasteiger partial charge in [0.05, 0.1) is 19.8 Å². The molecule has 2 aromatic carbocycles. The Kier molecular flexibility index (Phi) is 5.33. The Labute approximate surface area is 137 Å². The van der Waals surface area contributed by atoms with Crippen LogP contribution in [0.3, 0.4) is 0 Å². The Morgan fingerprint density at radius 3 is 2.23 bits per heavy atom. The van der Waals surface area contributed by atoms with Gasteiger partial charge in [-0.15, -0.1) is 0 Å². The minimum absolute atomic E-state index is 0.0483. The number of rotatable bonds is 5. The number of ether oxygens (including phenoxy) is 2. The zero-order valence-corrected chi connectivity index (χ0v) is 13.8. The van der Waals surface area contributed by atoms with E-state index in [1.807, 2.05) is 18.2 Å². The number of ketones is 1. The van der Waals surface area contributed by atoms with E-state index in [-0.39, 0.29) is 12.2 Å². The van der Waals surface area contributed by atoms with Gasteiger partial charge in [0.2, 0.25) is 0 Å². The van der Waals surface area contributed by atoms with Crippen molar-refractivity contribution in [2.75, 3.05) is 14.2 Å². The summed E-state index contributed by atoms with van der Waals surface area (Å²) in [5.74, 6) is 0.197. The molecular formula is C17H15BrO4. The summed E-state index contributed by atoms with van der Waals surface area (Å²) in [6.07, 6.45) is 0.222. The number of esters is 1. The third-order valence-electron chi connectivity index (χ3n) is 3.22. The average molecular weight is 363 g/mol. The largest absolute Gasteiger partial charge is 0.496 e. The molecule has 2 rings (SSSR count). The summed E-state index contributed by atoms with van der Waals surface area (Å²) in [6.45, 7) is 0. The molecule has 0 aromatic heterocycles. The molecule has 5 heteroatoms. The second-order valence-electron chi connectivity index (χ2n) is 4.63. The SMILES string of the molecule is COC(=O)c1ccc(C(=O)Cc2cc(Br)ccc2OC)cc1. The lowest BCUT2D eigenvalue weighted by Gasteiger charge is -2.09. The van der Waals surface area contributed by atoms with Gasteiger partial charge in [0.25, 0.3) is 0 Å². The third kappa shape index (κ3) is 3.74. The molecule has 0 radical (unpaired) electrons. The van der Waals surface area contributed by atoms with Crippen molar-refractivity contribution < 1.29 is 19.1 Å². The molecule has 4 nitrogen and oxygen atoms in total. The Balaban J connectivity index is 2.19. The molecule has 0 saturated carbocycles. The molecule has 0 N–H and O–H groups in total. The maximum Gasteiger partial charge on any atom is 0.337 e. The van der Waals surface area contributed by atoms with Crippen molar-refractivity contribution in [3.63, 3.8) is 0 Å². The fourth-order valence-electron chi connectivity index (χ4n) is 2.07. The van der Waals surface area contributed by atoms with Crippen LogP contribution in [0.5, 0.6) is 5.75 Å². The second kappa shape index (κ2) is 7.22. The zero-order valence-electron chi connectivity index (χ0n) is 12.3. The lowest BCUT2D eigenvalue weighted by Crippen LogP contribution is -2.06. The highest BCUT2D eigenvalue weighted by molar-refractivity contribution is 9.10. The van der Waals surface area contributed by atoms with Crippen molar-refractivity contribution >= 4 is 27.7 Å². The van der Waals surface area contributed by atoms with E-state index in [9.17, 15) is 9.59 Å². The number of Topliss-reactive ketones (excluding diaryl/α,β-unsaturated/α-hetero) is 1. The summed E-state index contributed by atoms with van der Waals surface area (Å²) in [5.41, 5.74) is 1.76. The van der Waals surface area contributed by atoms with Crippen LogP contribution in [0.25, 0.3) is 0 Å². The highest BCUT2D eigenvalue weighted by Gasteiger charge is 2.13. The molecular weight excluding hydrogens is 348 g/mol. The zero-order chi connectivity index (χ0) is 16.1. The molecule has 2 aromatic rings. The Bertz CT molecular complexity index is 692. The molecule has 114 valence electrons. The molecule has 22 heavy (non-hydrogen) atoms. The maximum atomic E-state index is 12.4. The smallest absolute Gasteiger partial charge is 0.337 e. The van der Waals surface area contributed by atoms with Crippen LogP contribution in [-0.4, -0.2) is 26.0 Å². The average Bonchev–Trinajstić information content (AvgIpc) is 2.54. The topological polar surface area (TPSA) is 52.6 Å².